The number of rotatable bonds is 4. The molecule has 0 aliphatic carbocycles. The monoisotopic (exact) mass is 226 g/mol. The number of likely N-dealkylation sites (N-methyl/N-ethyl adjacent to an activating group) is 1. The first-order valence-corrected chi connectivity index (χ1v) is 6.09. The summed E-state index contributed by atoms with van der Waals surface area (Å²) in [6.07, 6.45) is 3.27. The van der Waals surface area contributed by atoms with Gasteiger partial charge in [0.2, 0.25) is 11.8 Å². The molecule has 1 rings (SSSR count). The predicted octanol–water partition coefficient (Wildman–Crippen LogP) is 1.16. The molecule has 1 N–H and O–H groups in total. The van der Waals surface area contributed by atoms with Gasteiger partial charge >= 0.3 is 0 Å². The molecular formula is C12H22N2O2. The van der Waals surface area contributed by atoms with Crippen molar-refractivity contribution in [2.24, 2.45) is 5.92 Å². The number of carbonyl (C=O) groups excluding carboxylic acids is 2. The van der Waals surface area contributed by atoms with Crippen molar-refractivity contribution < 1.29 is 9.59 Å². The molecule has 2 atom stereocenters. The number of hydrogen-bond acceptors (Lipinski definition) is 2. The van der Waals surface area contributed by atoms with Crippen LogP contribution in [0.3, 0.4) is 0 Å². The normalized spacial score (nSPS) is 23.1. The zero-order valence-electron chi connectivity index (χ0n) is 10.5. The quantitative estimate of drug-likeness (QED) is 0.782. The van der Waals surface area contributed by atoms with Crippen LogP contribution in [0, 0.1) is 5.92 Å². The van der Waals surface area contributed by atoms with Gasteiger partial charge in [0.25, 0.3) is 0 Å². The van der Waals surface area contributed by atoms with Crippen molar-refractivity contribution in [2.75, 3.05) is 13.6 Å². The van der Waals surface area contributed by atoms with Gasteiger partial charge in [0.15, 0.2) is 0 Å². The van der Waals surface area contributed by atoms with E-state index in [9.17, 15) is 9.59 Å². The molecule has 0 aromatic heterocycles. The molecule has 4 heteroatoms. The molecule has 1 aliphatic rings. The summed E-state index contributed by atoms with van der Waals surface area (Å²) < 4.78 is 0. The Morgan fingerprint density at radius 3 is 2.88 bits per heavy atom. The molecule has 4 nitrogen and oxygen atoms in total. The van der Waals surface area contributed by atoms with Crippen LogP contribution in [0.1, 0.15) is 39.5 Å². The maximum atomic E-state index is 11.8. The molecule has 2 amide bonds. The Morgan fingerprint density at radius 2 is 2.31 bits per heavy atom. The molecule has 1 saturated heterocycles. The number of likely N-dealkylation sites (tertiary alicyclic amines) is 1. The Bertz CT molecular complexity index is 266. The van der Waals surface area contributed by atoms with Crippen LogP contribution in [0.5, 0.6) is 0 Å². The average molecular weight is 226 g/mol. The number of hydrogen-bond donors (Lipinski definition) is 1. The Kier molecular flexibility index (Phi) is 4.77. The van der Waals surface area contributed by atoms with E-state index in [-0.39, 0.29) is 23.8 Å². The minimum absolute atomic E-state index is 0.0768. The second-order valence-electron chi connectivity index (χ2n) is 4.71. The van der Waals surface area contributed by atoms with Gasteiger partial charge in [-0.15, -0.1) is 0 Å². The van der Waals surface area contributed by atoms with Gasteiger partial charge in [0.1, 0.15) is 0 Å². The van der Waals surface area contributed by atoms with E-state index in [1.807, 2.05) is 6.92 Å². The number of amides is 2. The third-order valence-corrected chi connectivity index (χ3v) is 3.14. The van der Waals surface area contributed by atoms with E-state index in [2.05, 4.69) is 12.2 Å². The summed E-state index contributed by atoms with van der Waals surface area (Å²) in [5, 5.41) is 3.02. The SMILES string of the molecule is CCC[C@@H](C)C(=O)N[C@H]1CCC(=O)N(C)C1. The maximum absolute atomic E-state index is 11.8. The van der Waals surface area contributed by atoms with E-state index in [0.29, 0.717) is 13.0 Å². The van der Waals surface area contributed by atoms with Gasteiger partial charge in [0, 0.05) is 32.0 Å². The molecule has 1 heterocycles. The van der Waals surface area contributed by atoms with E-state index in [1.165, 1.54) is 0 Å². The lowest BCUT2D eigenvalue weighted by molar-refractivity contribution is -0.134. The van der Waals surface area contributed by atoms with Crippen LogP contribution in [-0.2, 0) is 9.59 Å². The zero-order chi connectivity index (χ0) is 12.1. The molecule has 16 heavy (non-hydrogen) atoms. The van der Waals surface area contributed by atoms with Gasteiger partial charge in [-0.25, -0.2) is 0 Å². The van der Waals surface area contributed by atoms with E-state index < -0.39 is 0 Å². The molecule has 0 spiro atoms. The summed E-state index contributed by atoms with van der Waals surface area (Å²) in [4.78, 5) is 24.7. The predicted molar refractivity (Wildman–Crippen MR) is 62.9 cm³/mol. The highest BCUT2D eigenvalue weighted by Gasteiger charge is 2.25. The topological polar surface area (TPSA) is 49.4 Å². The van der Waals surface area contributed by atoms with Crippen LogP contribution in [0.15, 0.2) is 0 Å². The van der Waals surface area contributed by atoms with Crippen LogP contribution >= 0.6 is 0 Å². The molecule has 0 radical (unpaired) electrons. The third-order valence-electron chi connectivity index (χ3n) is 3.14. The van der Waals surface area contributed by atoms with Crippen molar-refractivity contribution in [3.63, 3.8) is 0 Å². The van der Waals surface area contributed by atoms with Crippen molar-refractivity contribution in [3.8, 4) is 0 Å². The third kappa shape index (κ3) is 3.51. The molecule has 0 saturated carbocycles. The van der Waals surface area contributed by atoms with Crippen LogP contribution in [0.2, 0.25) is 0 Å². The molecule has 0 unspecified atom stereocenters. The Morgan fingerprint density at radius 1 is 1.62 bits per heavy atom. The van der Waals surface area contributed by atoms with Gasteiger partial charge in [-0.05, 0) is 12.8 Å². The Hall–Kier alpha value is -1.06. The van der Waals surface area contributed by atoms with E-state index >= 15 is 0 Å². The van der Waals surface area contributed by atoms with Crippen molar-refractivity contribution in [1.29, 1.82) is 0 Å². The van der Waals surface area contributed by atoms with Gasteiger partial charge in [-0.1, -0.05) is 20.3 Å². The maximum Gasteiger partial charge on any atom is 0.223 e. The molecule has 1 aliphatic heterocycles. The second-order valence-corrected chi connectivity index (χ2v) is 4.71. The molecular weight excluding hydrogens is 204 g/mol. The fourth-order valence-electron chi connectivity index (χ4n) is 2.04. The lowest BCUT2D eigenvalue weighted by atomic mass is 10.0. The van der Waals surface area contributed by atoms with Crippen molar-refractivity contribution in [1.82, 2.24) is 10.2 Å². The minimum Gasteiger partial charge on any atom is -0.351 e. The minimum atomic E-state index is 0.0768. The summed E-state index contributed by atoms with van der Waals surface area (Å²) in [6, 6.07) is 0.134. The van der Waals surface area contributed by atoms with Crippen molar-refractivity contribution in [3.05, 3.63) is 0 Å². The van der Waals surface area contributed by atoms with Crippen LogP contribution in [0.4, 0.5) is 0 Å². The van der Waals surface area contributed by atoms with E-state index in [0.717, 1.165) is 19.3 Å². The summed E-state index contributed by atoms with van der Waals surface area (Å²) in [5.74, 6) is 0.370. The highest BCUT2D eigenvalue weighted by atomic mass is 16.2. The summed E-state index contributed by atoms with van der Waals surface area (Å²) in [6.45, 7) is 4.68. The standard InChI is InChI=1S/C12H22N2O2/c1-4-5-9(2)12(16)13-10-6-7-11(15)14(3)8-10/h9-10H,4-8H2,1-3H3,(H,13,16)/t9-,10+/m1/s1. The van der Waals surface area contributed by atoms with E-state index in [4.69, 9.17) is 0 Å². The fourth-order valence-corrected chi connectivity index (χ4v) is 2.04. The number of carbonyl (C=O) groups is 2. The summed E-state index contributed by atoms with van der Waals surface area (Å²) in [5.41, 5.74) is 0. The van der Waals surface area contributed by atoms with Crippen molar-refractivity contribution in [2.45, 2.75) is 45.6 Å². The van der Waals surface area contributed by atoms with Gasteiger partial charge in [-0.2, -0.15) is 0 Å². The molecule has 1 fully saturated rings. The van der Waals surface area contributed by atoms with Crippen molar-refractivity contribution >= 4 is 11.8 Å². The molecule has 0 aromatic carbocycles. The zero-order valence-corrected chi connectivity index (χ0v) is 10.5. The molecule has 0 bridgehead atoms. The summed E-state index contributed by atoms with van der Waals surface area (Å²) in [7, 11) is 1.79. The van der Waals surface area contributed by atoms with Crippen LogP contribution < -0.4 is 5.32 Å². The number of nitrogens with zero attached hydrogens (tertiary/aromatic N) is 1. The first kappa shape index (κ1) is 13.0. The van der Waals surface area contributed by atoms with Crippen LogP contribution in [0.25, 0.3) is 0 Å². The fraction of sp³-hybridized carbons (Fsp3) is 0.833. The smallest absolute Gasteiger partial charge is 0.223 e. The van der Waals surface area contributed by atoms with Crippen LogP contribution in [-0.4, -0.2) is 36.3 Å². The highest BCUT2D eigenvalue weighted by molar-refractivity contribution is 5.80. The first-order chi connectivity index (χ1) is 7.54. The summed E-state index contributed by atoms with van der Waals surface area (Å²) >= 11 is 0. The van der Waals surface area contributed by atoms with Gasteiger partial charge in [-0.3, -0.25) is 9.59 Å². The number of nitrogens with one attached hydrogen (secondary N) is 1. The lowest BCUT2D eigenvalue weighted by Gasteiger charge is -2.30. The average Bonchev–Trinajstić information content (AvgIpc) is 2.24. The Balaban J connectivity index is 2.37. The molecule has 0 aromatic rings. The molecule has 92 valence electrons. The second kappa shape index (κ2) is 5.87. The van der Waals surface area contributed by atoms with Gasteiger partial charge < -0.3 is 10.2 Å². The lowest BCUT2D eigenvalue weighted by Crippen LogP contribution is -2.49. The van der Waals surface area contributed by atoms with Gasteiger partial charge in [0.05, 0.1) is 0 Å². The number of piperidine rings is 1. The highest BCUT2D eigenvalue weighted by Crippen LogP contribution is 2.11. The Labute approximate surface area is 97.4 Å². The van der Waals surface area contributed by atoms with E-state index in [1.54, 1.807) is 11.9 Å². The largest absolute Gasteiger partial charge is 0.351 e. The first-order valence-electron chi connectivity index (χ1n) is 6.09.